The standard InChI is InChI=1S/C22H24F3N3O4S/c1-14-12-15(23)6-8-20(14)33(31,32)28-11-3-2-4-17(28)9-10-26-21(29)22(30)27-19-7-5-16(24)13-18(19)25/h5-8,12-13,17H,2-4,9-11H2,1H3,(H,26,29)(H,27,30)/t17-/m0/s1. The van der Waals surface area contributed by atoms with Gasteiger partial charge in [0.1, 0.15) is 17.5 Å². The van der Waals surface area contributed by atoms with Gasteiger partial charge in [0.05, 0.1) is 10.6 Å². The summed E-state index contributed by atoms with van der Waals surface area (Å²) in [5, 5.41) is 4.45. The molecular formula is C22H24F3N3O4S. The molecule has 11 heteroatoms. The lowest BCUT2D eigenvalue weighted by Crippen LogP contribution is -2.46. The van der Waals surface area contributed by atoms with Crippen molar-refractivity contribution >= 4 is 27.5 Å². The molecule has 2 aromatic carbocycles. The molecule has 2 amide bonds. The van der Waals surface area contributed by atoms with Crippen LogP contribution in [-0.2, 0) is 19.6 Å². The number of carbonyl (C=O) groups excluding carboxylic acids is 2. The fraction of sp³-hybridized carbons (Fsp3) is 0.364. The molecule has 0 bridgehead atoms. The number of anilines is 1. The highest BCUT2D eigenvalue weighted by molar-refractivity contribution is 7.89. The van der Waals surface area contributed by atoms with Gasteiger partial charge in [-0.25, -0.2) is 21.6 Å². The van der Waals surface area contributed by atoms with Crippen LogP contribution in [0.5, 0.6) is 0 Å². The third-order valence-electron chi connectivity index (χ3n) is 5.45. The van der Waals surface area contributed by atoms with E-state index >= 15 is 0 Å². The molecule has 0 radical (unpaired) electrons. The molecule has 0 aliphatic carbocycles. The van der Waals surface area contributed by atoms with E-state index in [1.54, 1.807) is 0 Å². The maximum absolute atomic E-state index is 13.6. The van der Waals surface area contributed by atoms with Crippen molar-refractivity contribution in [3.8, 4) is 0 Å². The second-order valence-electron chi connectivity index (χ2n) is 7.80. The zero-order valence-electron chi connectivity index (χ0n) is 17.9. The largest absolute Gasteiger partial charge is 0.348 e. The lowest BCUT2D eigenvalue weighted by Gasteiger charge is -2.35. The van der Waals surface area contributed by atoms with Crippen molar-refractivity contribution in [2.24, 2.45) is 0 Å². The monoisotopic (exact) mass is 483 g/mol. The van der Waals surface area contributed by atoms with Crippen molar-refractivity contribution in [1.29, 1.82) is 0 Å². The highest BCUT2D eigenvalue weighted by Crippen LogP contribution is 2.28. The van der Waals surface area contributed by atoms with Crippen LogP contribution >= 0.6 is 0 Å². The second-order valence-corrected chi connectivity index (χ2v) is 9.66. The first-order chi connectivity index (χ1) is 15.6. The first-order valence-corrected chi connectivity index (χ1v) is 11.9. The number of halogens is 3. The van der Waals surface area contributed by atoms with Gasteiger partial charge in [-0.2, -0.15) is 4.31 Å². The third kappa shape index (κ3) is 5.91. The van der Waals surface area contributed by atoms with Gasteiger partial charge in [0.25, 0.3) is 0 Å². The lowest BCUT2D eigenvalue weighted by molar-refractivity contribution is -0.136. The molecule has 3 rings (SSSR count). The lowest BCUT2D eigenvalue weighted by atomic mass is 10.0. The summed E-state index contributed by atoms with van der Waals surface area (Å²) < 4.78 is 67.7. The van der Waals surface area contributed by atoms with Crippen LogP contribution in [0.4, 0.5) is 18.9 Å². The van der Waals surface area contributed by atoms with Gasteiger partial charge in [0.2, 0.25) is 10.0 Å². The van der Waals surface area contributed by atoms with Gasteiger partial charge in [0.15, 0.2) is 0 Å². The van der Waals surface area contributed by atoms with Crippen molar-refractivity contribution in [2.75, 3.05) is 18.4 Å². The van der Waals surface area contributed by atoms with E-state index in [1.165, 1.54) is 17.3 Å². The number of carbonyl (C=O) groups is 2. The highest BCUT2D eigenvalue weighted by atomic mass is 32.2. The molecule has 1 aliphatic heterocycles. The summed E-state index contributed by atoms with van der Waals surface area (Å²) >= 11 is 0. The minimum atomic E-state index is -3.87. The maximum Gasteiger partial charge on any atom is 0.313 e. The minimum Gasteiger partial charge on any atom is -0.348 e. The molecule has 0 aromatic heterocycles. The van der Waals surface area contributed by atoms with Crippen LogP contribution in [-0.4, -0.2) is 43.7 Å². The van der Waals surface area contributed by atoms with Crippen molar-refractivity contribution in [3.63, 3.8) is 0 Å². The van der Waals surface area contributed by atoms with Gasteiger partial charge in [-0.1, -0.05) is 6.42 Å². The van der Waals surface area contributed by atoms with E-state index in [-0.39, 0.29) is 23.5 Å². The first kappa shape index (κ1) is 24.7. The average Bonchev–Trinajstić information content (AvgIpc) is 2.75. The molecule has 2 N–H and O–H groups in total. The Hall–Kier alpha value is -2.92. The van der Waals surface area contributed by atoms with Gasteiger partial charge in [-0.3, -0.25) is 9.59 Å². The Balaban J connectivity index is 1.61. The Labute approximate surface area is 190 Å². The van der Waals surface area contributed by atoms with Gasteiger partial charge in [0, 0.05) is 25.2 Å². The molecular weight excluding hydrogens is 459 g/mol. The number of nitrogens with one attached hydrogen (secondary N) is 2. The van der Waals surface area contributed by atoms with Crippen molar-refractivity contribution in [2.45, 2.75) is 43.5 Å². The molecule has 178 valence electrons. The van der Waals surface area contributed by atoms with Gasteiger partial charge in [-0.15, -0.1) is 0 Å². The Kier molecular flexibility index (Phi) is 7.75. The molecule has 0 spiro atoms. The number of sulfonamides is 1. The molecule has 1 heterocycles. The summed E-state index contributed by atoms with van der Waals surface area (Å²) in [7, 11) is -3.87. The molecule has 0 unspecified atom stereocenters. The zero-order chi connectivity index (χ0) is 24.2. The van der Waals surface area contributed by atoms with Crippen LogP contribution in [0.1, 0.15) is 31.2 Å². The third-order valence-corrected chi connectivity index (χ3v) is 7.56. The van der Waals surface area contributed by atoms with Gasteiger partial charge < -0.3 is 10.6 Å². The van der Waals surface area contributed by atoms with Crippen molar-refractivity contribution in [1.82, 2.24) is 9.62 Å². The normalized spacial score (nSPS) is 16.9. The SMILES string of the molecule is Cc1cc(F)ccc1S(=O)(=O)N1CCCC[C@H]1CCNC(=O)C(=O)Nc1ccc(F)cc1F. The minimum absolute atomic E-state index is 0.0112. The van der Waals surface area contributed by atoms with Crippen LogP contribution in [0.2, 0.25) is 0 Å². The van der Waals surface area contributed by atoms with E-state index in [2.05, 4.69) is 10.6 Å². The summed E-state index contributed by atoms with van der Waals surface area (Å²) in [6, 6.07) is 5.61. The molecule has 1 aliphatic rings. The fourth-order valence-corrected chi connectivity index (χ4v) is 5.74. The van der Waals surface area contributed by atoms with E-state index in [9.17, 15) is 31.2 Å². The molecule has 0 saturated carbocycles. The quantitative estimate of drug-likeness (QED) is 0.618. The van der Waals surface area contributed by atoms with E-state index in [0.717, 1.165) is 30.7 Å². The fourth-order valence-electron chi connectivity index (χ4n) is 3.81. The number of rotatable bonds is 6. The highest BCUT2D eigenvalue weighted by Gasteiger charge is 2.34. The number of benzene rings is 2. The Bertz CT molecular complexity index is 1160. The van der Waals surface area contributed by atoms with Crippen LogP contribution < -0.4 is 10.6 Å². The summed E-state index contributed by atoms with van der Waals surface area (Å²) in [5.74, 6) is -4.52. The van der Waals surface area contributed by atoms with E-state index in [0.29, 0.717) is 31.0 Å². The molecule has 1 fully saturated rings. The predicted octanol–water partition coefficient (Wildman–Crippen LogP) is 3.10. The molecule has 1 saturated heterocycles. The Morgan fingerprint density at radius 1 is 1.03 bits per heavy atom. The molecule has 1 atom stereocenters. The van der Waals surface area contributed by atoms with Gasteiger partial charge >= 0.3 is 11.8 Å². The number of piperidine rings is 1. The van der Waals surface area contributed by atoms with Crippen LogP contribution in [0.15, 0.2) is 41.3 Å². The van der Waals surface area contributed by atoms with E-state index < -0.39 is 45.3 Å². The van der Waals surface area contributed by atoms with Crippen LogP contribution in [0.25, 0.3) is 0 Å². The Morgan fingerprint density at radius 3 is 2.42 bits per heavy atom. The topological polar surface area (TPSA) is 95.6 Å². The van der Waals surface area contributed by atoms with Crippen molar-refractivity contribution < 1.29 is 31.2 Å². The number of hydrogen-bond acceptors (Lipinski definition) is 4. The molecule has 7 nitrogen and oxygen atoms in total. The molecule has 2 aromatic rings. The summed E-state index contributed by atoms with van der Waals surface area (Å²) in [4.78, 5) is 24.1. The zero-order valence-corrected chi connectivity index (χ0v) is 18.7. The van der Waals surface area contributed by atoms with Crippen LogP contribution in [0.3, 0.4) is 0 Å². The van der Waals surface area contributed by atoms with Gasteiger partial charge in [-0.05, 0) is 62.1 Å². The first-order valence-electron chi connectivity index (χ1n) is 10.4. The number of aryl methyl sites for hydroxylation is 1. The summed E-state index contributed by atoms with van der Waals surface area (Å²) in [6.07, 6.45) is 2.30. The Morgan fingerprint density at radius 2 is 1.73 bits per heavy atom. The van der Waals surface area contributed by atoms with E-state index in [1.807, 2.05) is 0 Å². The number of nitrogens with zero attached hydrogens (tertiary/aromatic N) is 1. The number of amides is 2. The van der Waals surface area contributed by atoms with E-state index in [4.69, 9.17) is 0 Å². The van der Waals surface area contributed by atoms with Crippen LogP contribution in [0, 0.1) is 24.4 Å². The second kappa shape index (κ2) is 10.3. The molecule has 33 heavy (non-hydrogen) atoms. The van der Waals surface area contributed by atoms with Crippen molar-refractivity contribution in [3.05, 3.63) is 59.4 Å². The smallest absolute Gasteiger partial charge is 0.313 e. The summed E-state index contributed by atoms with van der Waals surface area (Å²) in [5.41, 5.74) is -0.0342. The predicted molar refractivity (Wildman–Crippen MR) is 115 cm³/mol. The summed E-state index contributed by atoms with van der Waals surface area (Å²) in [6.45, 7) is 1.83. The maximum atomic E-state index is 13.6. The number of hydrogen-bond donors (Lipinski definition) is 2. The average molecular weight is 484 g/mol.